The minimum atomic E-state index is -2.88. The molecule has 0 fully saturated rings. The van der Waals surface area contributed by atoms with Crippen LogP contribution in [0.25, 0.3) is 10.9 Å². The van der Waals surface area contributed by atoms with Crippen LogP contribution in [0.4, 0.5) is 0 Å². The lowest BCUT2D eigenvalue weighted by Gasteiger charge is -2.04. The van der Waals surface area contributed by atoms with Crippen LogP contribution in [-0.4, -0.2) is 38.6 Å². The Kier molecular flexibility index (Phi) is 4.83. The van der Waals surface area contributed by atoms with Gasteiger partial charge in [0.25, 0.3) is 0 Å². The first-order valence-corrected chi connectivity index (χ1v) is 8.96. The number of fused-ring (bicyclic) bond motifs is 1. The van der Waals surface area contributed by atoms with Crippen molar-refractivity contribution in [2.75, 3.05) is 25.6 Å². The zero-order chi connectivity index (χ0) is 14.6. The predicted octanol–water partition coefficient (Wildman–Crippen LogP) is 1.84. The van der Waals surface area contributed by atoms with Crippen molar-refractivity contribution in [1.82, 2.24) is 9.88 Å². The lowest BCUT2D eigenvalue weighted by Crippen LogP contribution is -2.10. The summed E-state index contributed by atoms with van der Waals surface area (Å²) >= 11 is 0. The lowest BCUT2D eigenvalue weighted by atomic mass is 10.1. The summed E-state index contributed by atoms with van der Waals surface area (Å²) in [6, 6.07) is 8.30. The van der Waals surface area contributed by atoms with Crippen molar-refractivity contribution >= 4 is 20.7 Å². The van der Waals surface area contributed by atoms with Crippen LogP contribution in [0.5, 0.6) is 0 Å². The molecule has 1 N–H and O–H groups in total. The molecule has 0 aliphatic heterocycles. The lowest BCUT2D eigenvalue weighted by molar-refractivity contribution is 0.593. The summed E-state index contributed by atoms with van der Waals surface area (Å²) in [5.41, 5.74) is 2.50. The third-order valence-corrected chi connectivity index (χ3v) is 4.46. The highest BCUT2D eigenvalue weighted by molar-refractivity contribution is 7.90. The largest absolute Gasteiger partial charge is 0.347 e. The van der Waals surface area contributed by atoms with Crippen molar-refractivity contribution in [3.63, 3.8) is 0 Å². The highest BCUT2D eigenvalue weighted by Crippen LogP contribution is 2.22. The van der Waals surface area contributed by atoms with E-state index in [0.29, 0.717) is 6.42 Å². The van der Waals surface area contributed by atoms with Crippen LogP contribution < -0.4 is 5.32 Å². The molecule has 0 aliphatic rings. The molecule has 1 aromatic heterocycles. The fourth-order valence-electron chi connectivity index (χ4n) is 2.46. The van der Waals surface area contributed by atoms with Crippen LogP contribution in [0, 0.1) is 0 Å². The van der Waals surface area contributed by atoms with Crippen LogP contribution in [0.3, 0.4) is 0 Å². The molecule has 1 heterocycles. The third-order valence-electron chi connectivity index (χ3n) is 3.43. The van der Waals surface area contributed by atoms with Gasteiger partial charge in [-0.2, -0.15) is 0 Å². The molecule has 0 spiro atoms. The van der Waals surface area contributed by atoms with Crippen molar-refractivity contribution in [3.8, 4) is 0 Å². The fourth-order valence-corrected chi connectivity index (χ4v) is 3.12. The molecule has 2 aromatic rings. The number of hydrogen-bond acceptors (Lipinski definition) is 3. The van der Waals surface area contributed by atoms with E-state index in [9.17, 15) is 8.42 Å². The molecule has 2 rings (SSSR count). The SMILES string of the molecule is CNCCc1cn(CCCS(C)(=O)=O)c2ccccc12. The van der Waals surface area contributed by atoms with Crippen LogP contribution >= 0.6 is 0 Å². The van der Waals surface area contributed by atoms with E-state index in [1.54, 1.807) is 0 Å². The molecule has 0 bridgehead atoms. The summed E-state index contributed by atoms with van der Waals surface area (Å²) in [7, 11) is -0.929. The highest BCUT2D eigenvalue weighted by atomic mass is 32.2. The molecule has 1 aromatic carbocycles. The number of aromatic nitrogens is 1. The standard InChI is InChI=1S/C15H22N2O2S/c1-16-9-8-13-12-17(10-5-11-20(2,18)19)15-7-4-3-6-14(13)15/h3-4,6-7,12,16H,5,8-11H2,1-2H3. The molecule has 5 heteroatoms. The Bertz CT molecular complexity index is 674. The molecule has 0 saturated carbocycles. The van der Waals surface area contributed by atoms with Gasteiger partial charge in [-0.25, -0.2) is 8.42 Å². The molecular weight excluding hydrogens is 272 g/mol. The smallest absolute Gasteiger partial charge is 0.147 e. The van der Waals surface area contributed by atoms with Crippen LogP contribution in [0.15, 0.2) is 30.5 Å². The van der Waals surface area contributed by atoms with E-state index in [1.807, 2.05) is 19.2 Å². The molecule has 0 atom stereocenters. The van der Waals surface area contributed by atoms with Crippen molar-refractivity contribution in [3.05, 3.63) is 36.0 Å². The molecule has 20 heavy (non-hydrogen) atoms. The van der Waals surface area contributed by atoms with Gasteiger partial charge in [-0.1, -0.05) is 18.2 Å². The maximum absolute atomic E-state index is 11.2. The Balaban J connectivity index is 2.20. The van der Waals surface area contributed by atoms with Crippen molar-refractivity contribution in [2.24, 2.45) is 0 Å². The average Bonchev–Trinajstić information content (AvgIpc) is 2.74. The average molecular weight is 294 g/mol. The van der Waals surface area contributed by atoms with Crippen LogP contribution in [0.1, 0.15) is 12.0 Å². The first kappa shape index (κ1) is 15.1. The number of likely N-dealkylation sites (N-methyl/N-ethyl adjacent to an activating group) is 1. The van der Waals surface area contributed by atoms with Gasteiger partial charge in [-0.05, 0) is 38.1 Å². The number of para-hydroxylation sites is 1. The van der Waals surface area contributed by atoms with Crippen LogP contribution in [0.2, 0.25) is 0 Å². The second-order valence-electron chi connectivity index (χ2n) is 5.20. The minimum absolute atomic E-state index is 0.241. The Labute approximate surface area is 120 Å². The molecule has 4 nitrogen and oxygen atoms in total. The Morgan fingerprint density at radius 2 is 2.00 bits per heavy atom. The molecule has 0 aliphatic carbocycles. The summed E-state index contributed by atoms with van der Waals surface area (Å²) in [6.45, 7) is 1.69. The maximum atomic E-state index is 11.2. The summed E-state index contributed by atoms with van der Waals surface area (Å²) in [4.78, 5) is 0. The first-order chi connectivity index (χ1) is 9.51. The van der Waals surface area contributed by atoms with Gasteiger partial charge >= 0.3 is 0 Å². The van der Waals surface area contributed by atoms with Gasteiger partial charge in [-0.3, -0.25) is 0 Å². The Hall–Kier alpha value is -1.33. The zero-order valence-electron chi connectivity index (χ0n) is 12.1. The quantitative estimate of drug-likeness (QED) is 0.848. The van der Waals surface area contributed by atoms with Gasteiger partial charge in [0.2, 0.25) is 0 Å². The summed E-state index contributed by atoms with van der Waals surface area (Å²) in [6.07, 6.45) is 5.09. The minimum Gasteiger partial charge on any atom is -0.347 e. The summed E-state index contributed by atoms with van der Waals surface area (Å²) in [5.74, 6) is 0.241. The van der Waals surface area contributed by atoms with Crippen molar-refractivity contribution in [1.29, 1.82) is 0 Å². The molecule has 110 valence electrons. The van der Waals surface area contributed by atoms with E-state index in [-0.39, 0.29) is 5.75 Å². The Morgan fingerprint density at radius 3 is 2.70 bits per heavy atom. The van der Waals surface area contributed by atoms with Gasteiger partial charge in [0.05, 0.1) is 5.75 Å². The van der Waals surface area contributed by atoms with E-state index >= 15 is 0 Å². The van der Waals surface area contributed by atoms with E-state index < -0.39 is 9.84 Å². The van der Waals surface area contributed by atoms with E-state index in [1.165, 1.54) is 22.7 Å². The monoisotopic (exact) mass is 294 g/mol. The topological polar surface area (TPSA) is 51.1 Å². The van der Waals surface area contributed by atoms with E-state index in [0.717, 1.165) is 19.5 Å². The molecule has 0 saturated heterocycles. The summed E-state index contributed by atoms with van der Waals surface area (Å²) in [5, 5.41) is 4.43. The van der Waals surface area contributed by atoms with E-state index in [2.05, 4.69) is 28.2 Å². The molecule has 0 unspecified atom stereocenters. The number of benzene rings is 1. The third kappa shape index (κ3) is 3.84. The number of nitrogens with zero attached hydrogens (tertiary/aromatic N) is 1. The van der Waals surface area contributed by atoms with Gasteiger partial charge in [-0.15, -0.1) is 0 Å². The second kappa shape index (κ2) is 6.41. The van der Waals surface area contributed by atoms with Gasteiger partial charge < -0.3 is 9.88 Å². The van der Waals surface area contributed by atoms with E-state index in [4.69, 9.17) is 0 Å². The molecular formula is C15H22N2O2S. The normalized spacial score (nSPS) is 12.1. The molecule has 0 amide bonds. The maximum Gasteiger partial charge on any atom is 0.147 e. The molecule has 0 radical (unpaired) electrons. The highest BCUT2D eigenvalue weighted by Gasteiger charge is 2.08. The van der Waals surface area contributed by atoms with Crippen molar-refractivity contribution in [2.45, 2.75) is 19.4 Å². The zero-order valence-corrected chi connectivity index (χ0v) is 12.9. The Morgan fingerprint density at radius 1 is 1.25 bits per heavy atom. The number of sulfone groups is 1. The fraction of sp³-hybridized carbons (Fsp3) is 0.467. The van der Waals surface area contributed by atoms with Crippen LogP contribution in [-0.2, 0) is 22.8 Å². The van der Waals surface area contributed by atoms with Gasteiger partial charge in [0, 0.05) is 29.9 Å². The number of aryl methyl sites for hydroxylation is 1. The van der Waals surface area contributed by atoms with Gasteiger partial charge in [0.15, 0.2) is 0 Å². The number of hydrogen-bond donors (Lipinski definition) is 1. The second-order valence-corrected chi connectivity index (χ2v) is 7.46. The van der Waals surface area contributed by atoms with Crippen molar-refractivity contribution < 1.29 is 8.42 Å². The first-order valence-electron chi connectivity index (χ1n) is 6.90. The number of rotatable bonds is 7. The summed E-state index contributed by atoms with van der Waals surface area (Å²) < 4.78 is 24.6. The van der Waals surface area contributed by atoms with Gasteiger partial charge in [0.1, 0.15) is 9.84 Å². The predicted molar refractivity (Wildman–Crippen MR) is 83.9 cm³/mol. The number of nitrogens with one attached hydrogen (secondary N) is 1.